The van der Waals surface area contributed by atoms with Gasteiger partial charge >= 0.3 is 0 Å². The van der Waals surface area contributed by atoms with Crippen LogP contribution in [-0.2, 0) is 21.4 Å². The Morgan fingerprint density at radius 3 is 2.78 bits per heavy atom. The number of sulfonamides is 1. The zero-order valence-electron chi connectivity index (χ0n) is 10.8. The summed E-state index contributed by atoms with van der Waals surface area (Å²) in [5.74, 6) is 0. The molecule has 1 heterocycles. The van der Waals surface area contributed by atoms with Crippen molar-refractivity contribution >= 4 is 10.0 Å². The molecule has 2 N–H and O–H groups in total. The molecule has 0 amide bonds. The molecule has 0 aliphatic carbocycles. The molecule has 0 aliphatic heterocycles. The first-order valence-electron chi connectivity index (χ1n) is 5.60. The maximum absolute atomic E-state index is 12.1. The topological polar surface area (TPSA) is 95.5 Å². The highest BCUT2D eigenvalue weighted by atomic mass is 32.2. The third-order valence-electron chi connectivity index (χ3n) is 2.37. The minimum absolute atomic E-state index is 0.0567. The number of aromatic nitrogens is 2. The van der Waals surface area contributed by atoms with E-state index in [0.717, 1.165) is 0 Å². The van der Waals surface area contributed by atoms with Crippen molar-refractivity contribution < 1.29 is 18.3 Å². The molecule has 1 aromatic rings. The first kappa shape index (κ1) is 15.1. The summed E-state index contributed by atoms with van der Waals surface area (Å²) in [5, 5.41) is 15.0. The lowest BCUT2D eigenvalue weighted by molar-refractivity contribution is 0.0736. The average Bonchev–Trinajstić information content (AvgIpc) is 2.76. The van der Waals surface area contributed by atoms with Crippen LogP contribution < -0.4 is 0 Å². The van der Waals surface area contributed by atoms with Crippen molar-refractivity contribution in [3.05, 3.63) is 11.8 Å². The number of rotatable bonds is 7. The van der Waals surface area contributed by atoms with Crippen molar-refractivity contribution in [2.45, 2.75) is 31.6 Å². The molecule has 0 radical (unpaired) electrons. The molecule has 0 bridgehead atoms. The number of hydrogen-bond acceptors (Lipinski definition) is 5. The van der Waals surface area contributed by atoms with Crippen LogP contribution in [0.15, 0.2) is 11.2 Å². The van der Waals surface area contributed by atoms with Crippen LogP contribution >= 0.6 is 0 Å². The zero-order chi connectivity index (χ0) is 13.8. The van der Waals surface area contributed by atoms with Gasteiger partial charge in [0.05, 0.1) is 25.5 Å². The summed E-state index contributed by atoms with van der Waals surface area (Å²) in [5.41, 5.74) is 0.256. The molecule has 104 valence electrons. The fraction of sp³-hybridized carbons (Fsp3) is 0.700. The molecular weight excluding hydrogens is 258 g/mol. The van der Waals surface area contributed by atoms with Gasteiger partial charge in [-0.1, -0.05) is 0 Å². The smallest absolute Gasteiger partial charge is 0.260 e. The van der Waals surface area contributed by atoms with Crippen LogP contribution in [0.4, 0.5) is 0 Å². The third-order valence-corrected chi connectivity index (χ3v) is 4.25. The zero-order valence-corrected chi connectivity index (χ0v) is 11.6. The summed E-state index contributed by atoms with van der Waals surface area (Å²) in [6, 6.07) is 0. The van der Waals surface area contributed by atoms with Crippen LogP contribution in [0, 0.1) is 0 Å². The fourth-order valence-corrected chi connectivity index (χ4v) is 2.57. The highest BCUT2D eigenvalue weighted by molar-refractivity contribution is 7.89. The molecule has 7 nitrogen and oxygen atoms in total. The third kappa shape index (κ3) is 3.52. The second kappa shape index (κ2) is 6.28. The molecule has 0 unspecified atom stereocenters. The molecule has 0 aromatic carbocycles. The van der Waals surface area contributed by atoms with Crippen LogP contribution in [0.3, 0.4) is 0 Å². The Morgan fingerprint density at radius 1 is 1.56 bits per heavy atom. The van der Waals surface area contributed by atoms with E-state index < -0.39 is 10.0 Å². The van der Waals surface area contributed by atoms with Crippen LogP contribution in [0.2, 0.25) is 0 Å². The van der Waals surface area contributed by atoms with Crippen LogP contribution in [0.25, 0.3) is 0 Å². The van der Waals surface area contributed by atoms with E-state index in [0.29, 0.717) is 6.61 Å². The van der Waals surface area contributed by atoms with Crippen molar-refractivity contribution in [2.75, 3.05) is 20.2 Å². The summed E-state index contributed by atoms with van der Waals surface area (Å²) in [6.07, 6.45) is 1.35. The lowest BCUT2D eigenvalue weighted by atomic mass is 10.4. The maximum atomic E-state index is 12.1. The fourth-order valence-electron chi connectivity index (χ4n) is 1.33. The van der Waals surface area contributed by atoms with E-state index in [2.05, 4.69) is 10.2 Å². The van der Waals surface area contributed by atoms with Gasteiger partial charge in [0.15, 0.2) is 5.03 Å². The maximum Gasteiger partial charge on any atom is 0.260 e. The van der Waals surface area contributed by atoms with E-state index in [9.17, 15) is 8.42 Å². The Balaban J connectivity index is 2.74. The second-order valence-corrected chi connectivity index (χ2v) is 6.11. The summed E-state index contributed by atoms with van der Waals surface area (Å²) >= 11 is 0. The van der Waals surface area contributed by atoms with Crippen molar-refractivity contribution in [3.8, 4) is 0 Å². The Kier molecular flexibility index (Phi) is 5.27. The second-order valence-electron chi connectivity index (χ2n) is 4.13. The van der Waals surface area contributed by atoms with Crippen molar-refractivity contribution in [2.24, 2.45) is 0 Å². The van der Waals surface area contributed by atoms with E-state index in [4.69, 9.17) is 9.84 Å². The van der Waals surface area contributed by atoms with Gasteiger partial charge in [-0.15, -0.1) is 0 Å². The van der Waals surface area contributed by atoms with Gasteiger partial charge in [0.25, 0.3) is 10.0 Å². The molecule has 0 aliphatic rings. The number of hydrogen-bond donors (Lipinski definition) is 2. The molecule has 0 saturated carbocycles. The number of aliphatic hydroxyl groups is 1. The monoisotopic (exact) mass is 277 g/mol. The van der Waals surface area contributed by atoms with Gasteiger partial charge in [0.2, 0.25) is 0 Å². The number of aliphatic hydroxyl groups excluding tert-OH is 1. The Bertz CT molecular complexity index is 469. The number of H-pyrrole nitrogens is 1. The van der Waals surface area contributed by atoms with Crippen LogP contribution in [-0.4, -0.2) is 54.3 Å². The molecule has 1 rings (SSSR count). The summed E-state index contributed by atoms with van der Waals surface area (Å²) in [6.45, 7) is 3.95. The predicted molar refractivity (Wildman–Crippen MR) is 65.4 cm³/mol. The molecule has 0 fully saturated rings. The van der Waals surface area contributed by atoms with E-state index in [1.165, 1.54) is 17.5 Å². The number of ether oxygens (including phenoxy) is 1. The first-order valence-corrected chi connectivity index (χ1v) is 7.04. The number of nitrogens with one attached hydrogen (secondary N) is 1. The summed E-state index contributed by atoms with van der Waals surface area (Å²) in [4.78, 5) is 0. The van der Waals surface area contributed by atoms with E-state index in [-0.39, 0.29) is 29.8 Å². The van der Waals surface area contributed by atoms with Gasteiger partial charge in [0, 0.05) is 19.2 Å². The van der Waals surface area contributed by atoms with E-state index in [1.54, 1.807) is 0 Å². The minimum Gasteiger partial charge on any atom is -0.392 e. The van der Waals surface area contributed by atoms with Crippen molar-refractivity contribution in [1.29, 1.82) is 0 Å². The van der Waals surface area contributed by atoms with Crippen molar-refractivity contribution in [1.82, 2.24) is 14.5 Å². The molecule has 1 aromatic heterocycles. The molecule has 0 atom stereocenters. The van der Waals surface area contributed by atoms with Gasteiger partial charge < -0.3 is 9.84 Å². The largest absolute Gasteiger partial charge is 0.392 e. The highest BCUT2D eigenvalue weighted by Gasteiger charge is 2.25. The van der Waals surface area contributed by atoms with Crippen molar-refractivity contribution in [3.63, 3.8) is 0 Å². The quantitative estimate of drug-likeness (QED) is 0.728. The van der Waals surface area contributed by atoms with Gasteiger partial charge in [-0.2, -0.15) is 9.40 Å². The Labute approximate surface area is 107 Å². The van der Waals surface area contributed by atoms with Gasteiger partial charge in [-0.25, -0.2) is 8.42 Å². The lowest BCUT2D eigenvalue weighted by Gasteiger charge is -2.17. The number of likely N-dealkylation sites (N-methyl/N-ethyl adjacent to an activating group) is 1. The molecule has 18 heavy (non-hydrogen) atoms. The van der Waals surface area contributed by atoms with Gasteiger partial charge in [-0.05, 0) is 13.8 Å². The molecular formula is C10H19N3O4S. The Morgan fingerprint density at radius 2 is 2.22 bits per heavy atom. The molecule has 0 saturated heterocycles. The minimum atomic E-state index is -3.66. The van der Waals surface area contributed by atoms with Crippen LogP contribution in [0.5, 0.6) is 0 Å². The molecule has 0 spiro atoms. The normalized spacial score (nSPS) is 12.6. The van der Waals surface area contributed by atoms with Crippen LogP contribution in [0.1, 0.15) is 19.4 Å². The lowest BCUT2D eigenvalue weighted by Crippen LogP contribution is -2.31. The average molecular weight is 277 g/mol. The highest BCUT2D eigenvalue weighted by Crippen LogP contribution is 2.15. The van der Waals surface area contributed by atoms with E-state index >= 15 is 0 Å². The summed E-state index contributed by atoms with van der Waals surface area (Å²) < 4.78 is 30.7. The van der Waals surface area contributed by atoms with E-state index in [1.807, 2.05) is 13.8 Å². The SMILES string of the molecule is CC(C)OCCN(C)S(=O)(=O)c1[nH]ncc1CO. The molecule has 8 heteroatoms. The summed E-state index contributed by atoms with van der Waals surface area (Å²) in [7, 11) is -2.20. The number of aromatic amines is 1. The van der Waals surface area contributed by atoms with Gasteiger partial charge in [0.1, 0.15) is 0 Å². The number of nitrogens with zero attached hydrogens (tertiary/aromatic N) is 2. The standard InChI is InChI=1S/C10H19N3O4S/c1-8(2)17-5-4-13(3)18(15,16)10-9(7-14)6-11-12-10/h6,8,14H,4-5,7H2,1-3H3,(H,11,12). The predicted octanol–water partition coefficient (Wildman–Crippen LogP) is -0.0525. The first-order chi connectivity index (χ1) is 8.39. The Hall–Kier alpha value is -0.960. The van der Waals surface area contributed by atoms with Gasteiger partial charge in [-0.3, -0.25) is 5.10 Å².